The van der Waals surface area contributed by atoms with Crippen molar-refractivity contribution in [3.05, 3.63) is 18.2 Å². The lowest BCUT2D eigenvalue weighted by atomic mass is 10.3. The second kappa shape index (κ2) is 6.93. The molecule has 98 valence electrons. The molecule has 0 atom stereocenters. The summed E-state index contributed by atoms with van der Waals surface area (Å²) in [4.78, 5) is 11.9. The smallest absolute Gasteiger partial charge is 0.430 e. The van der Waals surface area contributed by atoms with E-state index in [-0.39, 0.29) is 0 Å². The number of halogens is 3. The van der Waals surface area contributed by atoms with Crippen LogP contribution in [0.15, 0.2) is 12.4 Å². The van der Waals surface area contributed by atoms with E-state index in [1.54, 1.807) is 0 Å². The van der Waals surface area contributed by atoms with Crippen molar-refractivity contribution in [1.29, 1.82) is 0 Å². The third kappa shape index (κ3) is 6.60. The number of alkyl halides is 3. The highest BCUT2D eigenvalue weighted by Crippen LogP contribution is 2.11. The highest BCUT2D eigenvalue weighted by Gasteiger charge is 2.28. The summed E-state index contributed by atoms with van der Waals surface area (Å²) in [5.41, 5.74) is 0. The summed E-state index contributed by atoms with van der Waals surface area (Å²) >= 11 is 0. The Morgan fingerprint density at radius 2 is 2.06 bits per heavy atom. The highest BCUT2D eigenvalue weighted by molar-refractivity contribution is 5.70. The molecular weight excluding hydrogens is 237 g/mol. The van der Waals surface area contributed by atoms with Crippen molar-refractivity contribution in [3.63, 3.8) is 0 Å². The summed E-state index contributed by atoms with van der Waals surface area (Å²) in [6.07, 6.45) is 1.40. The van der Waals surface area contributed by atoms with Crippen LogP contribution >= 0.6 is 0 Å². The van der Waals surface area contributed by atoms with E-state index in [1.165, 1.54) is 18.7 Å². The maximum atomic E-state index is 10.5. The van der Waals surface area contributed by atoms with Gasteiger partial charge in [-0.2, -0.15) is 13.2 Å². The first-order valence-electron chi connectivity index (χ1n) is 5.10. The predicted octanol–water partition coefficient (Wildman–Crippen LogP) is 0.709. The van der Waals surface area contributed by atoms with Gasteiger partial charge in [-0.15, -0.1) is 0 Å². The van der Waals surface area contributed by atoms with Gasteiger partial charge < -0.3 is 9.90 Å². The van der Waals surface area contributed by atoms with Crippen LogP contribution in [0.3, 0.4) is 0 Å². The molecule has 7 heteroatoms. The molecule has 0 saturated heterocycles. The Morgan fingerprint density at radius 3 is 2.35 bits per heavy atom. The van der Waals surface area contributed by atoms with E-state index in [2.05, 4.69) is 29.6 Å². The second-order valence-corrected chi connectivity index (χ2v) is 3.38. The van der Waals surface area contributed by atoms with Gasteiger partial charge >= 0.3 is 6.18 Å². The molecule has 1 N–H and O–H groups in total. The molecule has 0 aliphatic rings. The molecule has 4 nitrogen and oxygen atoms in total. The number of carboxylic acids is 1. The zero-order chi connectivity index (χ0) is 13.5. The summed E-state index contributed by atoms with van der Waals surface area (Å²) in [5, 5.41) is 8.78. The number of aliphatic carboxylic acids is 1. The molecule has 17 heavy (non-hydrogen) atoms. The molecule has 1 rings (SSSR count). The lowest BCUT2D eigenvalue weighted by Crippen LogP contribution is -2.37. The Kier molecular flexibility index (Phi) is 6.30. The Labute approximate surface area is 97.1 Å². The molecule has 1 aromatic rings. The molecule has 1 aromatic heterocycles. The summed E-state index contributed by atoms with van der Waals surface area (Å²) in [6.45, 7) is 5.45. The summed E-state index contributed by atoms with van der Waals surface area (Å²) in [6, 6.07) is 0. The van der Waals surface area contributed by atoms with E-state index in [0.29, 0.717) is 0 Å². The molecule has 0 amide bonds. The number of hydrogen-bond acceptors (Lipinski definition) is 2. The van der Waals surface area contributed by atoms with Crippen LogP contribution in [0.2, 0.25) is 0 Å². The Bertz CT molecular complexity index is 348. The maximum absolute atomic E-state index is 10.5. The minimum absolute atomic E-state index is 1.14. The SMILES string of the molecule is CCCC[n+]1cc[nH]c1C.O=C([O-])C(F)(F)F. The molecule has 0 bridgehead atoms. The van der Waals surface area contributed by atoms with Crippen molar-refractivity contribution in [1.82, 2.24) is 4.98 Å². The van der Waals surface area contributed by atoms with Crippen LogP contribution in [0.25, 0.3) is 0 Å². The molecule has 1 heterocycles. The van der Waals surface area contributed by atoms with Crippen LogP contribution in [0, 0.1) is 6.92 Å². The van der Waals surface area contributed by atoms with Gasteiger partial charge in [0.2, 0.25) is 0 Å². The van der Waals surface area contributed by atoms with Gasteiger partial charge in [-0.05, 0) is 6.42 Å². The normalized spacial score (nSPS) is 10.6. The Balaban J connectivity index is 0.000000325. The number of carbonyl (C=O) groups is 1. The number of carboxylic acid groups (broad SMARTS) is 1. The fraction of sp³-hybridized carbons (Fsp3) is 0.600. The minimum Gasteiger partial charge on any atom is -0.542 e. The van der Waals surface area contributed by atoms with E-state index >= 15 is 0 Å². The number of rotatable bonds is 3. The first-order chi connectivity index (χ1) is 7.79. The van der Waals surface area contributed by atoms with Crippen LogP contribution in [0.4, 0.5) is 13.2 Å². The van der Waals surface area contributed by atoms with Crippen LogP contribution in [0.1, 0.15) is 25.6 Å². The van der Waals surface area contributed by atoms with E-state index < -0.39 is 12.1 Å². The van der Waals surface area contributed by atoms with Crippen molar-refractivity contribution in [2.45, 2.75) is 39.4 Å². The number of aromatic amines is 1. The number of unbranched alkanes of at least 4 members (excludes halogenated alkanes) is 1. The Morgan fingerprint density at radius 1 is 1.53 bits per heavy atom. The average molecular weight is 252 g/mol. The maximum Gasteiger partial charge on any atom is 0.430 e. The first kappa shape index (κ1) is 15.5. The number of imidazole rings is 1. The Hall–Kier alpha value is -1.53. The van der Waals surface area contributed by atoms with Gasteiger partial charge in [0.05, 0.1) is 6.54 Å². The quantitative estimate of drug-likeness (QED) is 0.805. The van der Waals surface area contributed by atoms with Crippen molar-refractivity contribution in [3.8, 4) is 0 Å². The zero-order valence-corrected chi connectivity index (χ0v) is 9.67. The van der Waals surface area contributed by atoms with Crippen LogP contribution < -0.4 is 9.67 Å². The predicted molar refractivity (Wildman–Crippen MR) is 51.7 cm³/mol. The number of nitrogens with zero attached hydrogens (tertiary/aromatic N) is 1. The number of carbonyl (C=O) groups excluding carboxylic acids is 1. The van der Waals surface area contributed by atoms with E-state index in [4.69, 9.17) is 9.90 Å². The lowest BCUT2D eigenvalue weighted by molar-refractivity contribution is -0.701. The van der Waals surface area contributed by atoms with Gasteiger partial charge in [0.1, 0.15) is 18.4 Å². The second-order valence-electron chi connectivity index (χ2n) is 3.38. The van der Waals surface area contributed by atoms with Gasteiger partial charge in [0.25, 0.3) is 5.82 Å². The third-order valence-corrected chi connectivity index (χ3v) is 1.96. The topological polar surface area (TPSA) is 59.8 Å². The van der Waals surface area contributed by atoms with E-state index in [0.717, 1.165) is 6.54 Å². The van der Waals surface area contributed by atoms with Crippen molar-refractivity contribution in [2.24, 2.45) is 0 Å². The number of aryl methyl sites for hydroxylation is 2. The largest absolute Gasteiger partial charge is 0.542 e. The third-order valence-electron chi connectivity index (χ3n) is 1.96. The van der Waals surface area contributed by atoms with Crippen LogP contribution in [0.5, 0.6) is 0 Å². The molecule has 0 radical (unpaired) electrons. The van der Waals surface area contributed by atoms with Gasteiger partial charge in [-0.1, -0.05) is 13.3 Å². The van der Waals surface area contributed by atoms with Crippen LogP contribution in [-0.4, -0.2) is 17.1 Å². The fourth-order valence-electron chi connectivity index (χ4n) is 1.01. The standard InChI is InChI=1S/C8H14N2.C2HF3O2/c1-3-4-6-10-7-5-9-8(10)2;3-2(4,5)1(6)7/h5,7H,3-4,6H2,1-2H3;(H,6,7). The van der Waals surface area contributed by atoms with Gasteiger partial charge in [-0.25, -0.2) is 9.55 Å². The molecule has 0 aromatic carbocycles. The minimum atomic E-state index is -5.19. The number of aromatic nitrogens is 2. The lowest BCUT2D eigenvalue weighted by Gasteiger charge is -2.03. The number of nitrogens with one attached hydrogen (secondary N) is 1. The molecule has 0 fully saturated rings. The molecule has 0 spiro atoms. The van der Waals surface area contributed by atoms with Crippen molar-refractivity contribution in [2.75, 3.05) is 0 Å². The highest BCUT2D eigenvalue weighted by atomic mass is 19.4. The van der Waals surface area contributed by atoms with Crippen molar-refractivity contribution < 1.29 is 27.6 Å². The van der Waals surface area contributed by atoms with Crippen molar-refractivity contribution >= 4 is 5.97 Å². The van der Waals surface area contributed by atoms with E-state index in [9.17, 15) is 13.2 Å². The molecular formula is C10H15F3N2O2. The summed E-state index contributed by atoms with van der Waals surface area (Å²) in [5.74, 6) is -1.76. The summed E-state index contributed by atoms with van der Waals surface area (Å²) in [7, 11) is 0. The molecule has 0 aliphatic heterocycles. The van der Waals surface area contributed by atoms with E-state index in [1.807, 2.05) is 6.20 Å². The monoisotopic (exact) mass is 252 g/mol. The first-order valence-corrected chi connectivity index (χ1v) is 5.10. The summed E-state index contributed by atoms with van der Waals surface area (Å²) < 4.78 is 33.8. The number of hydrogen-bond donors (Lipinski definition) is 1. The fourth-order valence-corrected chi connectivity index (χ4v) is 1.01. The molecule has 0 saturated carbocycles. The van der Waals surface area contributed by atoms with Gasteiger partial charge in [0.15, 0.2) is 0 Å². The van der Waals surface area contributed by atoms with Gasteiger partial charge in [0, 0.05) is 6.92 Å². The van der Waals surface area contributed by atoms with Gasteiger partial charge in [-0.3, -0.25) is 0 Å². The molecule has 0 unspecified atom stereocenters. The molecule has 0 aliphatic carbocycles. The number of H-pyrrole nitrogens is 1. The zero-order valence-electron chi connectivity index (χ0n) is 9.67. The average Bonchev–Trinajstić information content (AvgIpc) is 2.60. The van der Waals surface area contributed by atoms with Crippen LogP contribution in [-0.2, 0) is 11.3 Å².